The van der Waals surface area contributed by atoms with E-state index < -0.39 is 0 Å². The zero-order valence-corrected chi connectivity index (χ0v) is 8.25. The zero-order chi connectivity index (χ0) is 10.1. The monoisotopic (exact) mass is 189 g/mol. The molecule has 0 saturated heterocycles. The molecule has 0 radical (unpaired) electrons. The molecule has 0 spiro atoms. The summed E-state index contributed by atoms with van der Waals surface area (Å²) in [7, 11) is 0. The van der Waals surface area contributed by atoms with Crippen LogP contribution in [0.3, 0.4) is 0 Å². The smallest absolute Gasteiger partial charge is 0.0815 e. The van der Waals surface area contributed by atoms with Gasteiger partial charge in [0.05, 0.1) is 12.2 Å². The summed E-state index contributed by atoms with van der Waals surface area (Å²) in [5, 5.41) is 10.5. The van der Waals surface area contributed by atoms with Gasteiger partial charge in [0.1, 0.15) is 0 Å². The summed E-state index contributed by atoms with van der Waals surface area (Å²) in [6.45, 7) is 2.05. The summed E-state index contributed by atoms with van der Waals surface area (Å²) in [5.41, 5.74) is 9.01. The molecule has 0 bridgehead atoms. The van der Waals surface area contributed by atoms with E-state index in [-0.39, 0.29) is 12.2 Å². The van der Waals surface area contributed by atoms with Crippen LogP contribution < -0.4 is 11.1 Å². The maximum absolute atomic E-state index is 7.34. The molecule has 3 nitrogen and oxygen atoms in total. The minimum Gasteiger partial charge on any atom is -0.312 e. The van der Waals surface area contributed by atoms with Crippen LogP contribution in [0.5, 0.6) is 0 Å². The number of nitrogens with two attached hydrogens (primary N) is 1. The van der Waals surface area contributed by atoms with Gasteiger partial charge in [-0.2, -0.15) is 0 Å². The van der Waals surface area contributed by atoms with Crippen LogP contribution in [0.25, 0.3) is 0 Å². The highest BCUT2D eigenvalue weighted by Crippen LogP contribution is 2.18. The lowest BCUT2D eigenvalue weighted by atomic mass is 10.1. The minimum absolute atomic E-state index is 0.150. The van der Waals surface area contributed by atoms with E-state index in [4.69, 9.17) is 11.1 Å². The van der Waals surface area contributed by atoms with Crippen LogP contribution in [-0.4, -0.2) is 11.8 Å². The van der Waals surface area contributed by atoms with Crippen molar-refractivity contribution >= 4 is 5.71 Å². The molecule has 0 heterocycles. The molecule has 1 aromatic rings. The molecular weight excluding hydrogens is 174 g/mol. The second-order valence-electron chi connectivity index (χ2n) is 3.84. The third kappa shape index (κ3) is 2.00. The van der Waals surface area contributed by atoms with Crippen LogP contribution in [0.4, 0.5) is 0 Å². The van der Waals surface area contributed by atoms with Gasteiger partial charge in [-0.05, 0) is 12.5 Å². The highest BCUT2D eigenvalue weighted by atomic mass is 15.1. The predicted octanol–water partition coefficient (Wildman–Crippen LogP) is 1.33. The highest BCUT2D eigenvalue weighted by Gasteiger charge is 2.31. The fourth-order valence-electron chi connectivity index (χ4n) is 1.41. The molecule has 1 aliphatic carbocycles. The van der Waals surface area contributed by atoms with Gasteiger partial charge in [-0.25, -0.2) is 0 Å². The Kier molecular flexibility index (Phi) is 2.35. The van der Waals surface area contributed by atoms with Crippen molar-refractivity contribution in [2.24, 2.45) is 5.73 Å². The van der Waals surface area contributed by atoms with Crippen LogP contribution in [0, 0.1) is 12.3 Å². The third-order valence-corrected chi connectivity index (χ3v) is 2.50. The maximum atomic E-state index is 7.34. The van der Waals surface area contributed by atoms with Crippen molar-refractivity contribution in [1.82, 2.24) is 5.32 Å². The fraction of sp³-hybridized carbons (Fsp3) is 0.364. The summed E-state index contributed by atoms with van der Waals surface area (Å²) in [6.07, 6.45) is 0.697. The standard InChI is InChI=1S/C11H15N3/c1-7-2-4-8(5-3-7)11(13)14-10-6-9(10)12/h2-5,10-12,14H,6,13H2,1H3. The summed E-state index contributed by atoms with van der Waals surface area (Å²) >= 11 is 0. The molecule has 3 heteroatoms. The SMILES string of the molecule is Cc1ccc(C(N)NC2CC2=N)cc1. The van der Waals surface area contributed by atoms with Gasteiger partial charge in [0.25, 0.3) is 0 Å². The first-order valence-corrected chi connectivity index (χ1v) is 4.82. The average Bonchev–Trinajstić information content (AvgIpc) is 2.82. The average molecular weight is 189 g/mol. The van der Waals surface area contributed by atoms with Gasteiger partial charge >= 0.3 is 0 Å². The van der Waals surface area contributed by atoms with Crippen LogP contribution in [0.2, 0.25) is 0 Å². The molecule has 0 aromatic heterocycles. The first kappa shape index (κ1) is 9.37. The van der Waals surface area contributed by atoms with Crippen molar-refractivity contribution in [3.05, 3.63) is 35.4 Å². The molecular formula is C11H15N3. The van der Waals surface area contributed by atoms with Crippen LogP contribution >= 0.6 is 0 Å². The highest BCUT2D eigenvalue weighted by molar-refractivity contribution is 6.02. The number of aryl methyl sites for hydroxylation is 1. The quantitative estimate of drug-likeness (QED) is 0.628. The molecule has 74 valence electrons. The molecule has 0 aliphatic heterocycles. The fourth-order valence-corrected chi connectivity index (χ4v) is 1.41. The van der Waals surface area contributed by atoms with E-state index in [1.54, 1.807) is 0 Å². The normalized spacial score (nSPS) is 22.1. The van der Waals surface area contributed by atoms with Crippen LogP contribution in [0.15, 0.2) is 24.3 Å². The van der Waals surface area contributed by atoms with Crippen molar-refractivity contribution in [2.75, 3.05) is 0 Å². The second kappa shape index (κ2) is 3.52. The molecule has 2 atom stereocenters. The largest absolute Gasteiger partial charge is 0.312 e. The molecule has 2 unspecified atom stereocenters. The Labute approximate surface area is 83.8 Å². The predicted molar refractivity (Wildman–Crippen MR) is 57.4 cm³/mol. The molecule has 1 aliphatic rings. The molecule has 0 amide bonds. The van der Waals surface area contributed by atoms with E-state index in [1.165, 1.54) is 5.56 Å². The summed E-state index contributed by atoms with van der Waals surface area (Å²) < 4.78 is 0. The lowest BCUT2D eigenvalue weighted by Gasteiger charge is -2.13. The Bertz CT molecular complexity index is 342. The van der Waals surface area contributed by atoms with Gasteiger partial charge in [0.2, 0.25) is 0 Å². The first-order valence-electron chi connectivity index (χ1n) is 4.82. The van der Waals surface area contributed by atoms with Gasteiger partial charge in [0, 0.05) is 12.1 Å². The van der Waals surface area contributed by atoms with E-state index in [0.29, 0.717) is 0 Å². The summed E-state index contributed by atoms with van der Waals surface area (Å²) in [4.78, 5) is 0. The summed E-state index contributed by atoms with van der Waals surface area (Å²) in [6, 6.07) is 8.37. The van der Waals surface area contributed by atoms with Crippen molar-refractivity contribution in [3.8, 4) is 0 Å². The van der Waals surface area contributed by atoms with Crippen molar-refractivity contribution in [2.45, 2.75) is 25.6 Å². The van der Waals surface area contributed by atoms with Crippen molar-refractivity contribution in [3.63, 3.8) is 0 Å². The minimum atomic E-state index is -0.150. The summed E-state index contributed by atoms with van der Waals surface area (Å²) in [5.74, 6) is 0. The van der Waals surface area contributed by atoms with Gasteiger partial charge < -0.3 is 11.1 Å². The first-order chi connectivity index (χ1) is 6.66. The van der Waals surface area contributed by atoms with Crippen LogP contribution in [0.1, 0.15) is 23.7 Å². The number of benzene rings is 1. The van der Waals surface area contributed by atoms with E-state index in [0.717, 1.165) is 17.7 Å². The zero-order valence-electron chi connectivity index (χ0n) is 8.25. The number of hydrogen-bond acceptors (Lipinski definition) is 3. The number of rotatable bonds is 3. The number of hydrogen-bond donors (Lipinski definition) is 3. The Morgan fingerprint density at radius 3 is 2.50 bits per heavy atom. The molecule has 2 rings (SSSR count). The topological polar surface area (TPSA) is 61.9 Å². The number of nitrogens with one attached hydrogen (secondary N) is 2. The molecule has 4 N–H and O–H groups in total. The maximum Gasteiger partial charge on any atom is 0.0815 e. The van der Waals surface area contributed by atoms with Crippen LogP contribution in [-0.2, 0) is 0 Å². The van der Waals surface area contributed by atoms with Crippen molar-refractivity contribution < 1.29 is 0 Å². The van der Waals surface area contributed by atoms with Gasteiger partial charge in [-0.1, -0.05) is 29.8 Å². The Hall–Kier alpha value is -1.19. The molecule has 14 heavy (non-hydrogen) atoms. The van der Waals surface area contributed by atoms with Gasteiger partial charge in [0.15, 0.2) is 0 Å². The lowest BCUT2D eigenvalue weighted by Crippen LogP contribution is -2.31. The third-order valence-electron chi connectivity index (χ3n) is 2.50. The Morgan fingerprint density at radius 2 is 2.00 bits per heavy atom. The molecule has 1 aromatic carbocycles. The lowest BCUT2D eigenvalue weighted by molar-refractivity contribution is 0.562. The van der Waals surface area contributed by atoms with Crippen molar-refractivity contribution in [1.29, 1.82) is 5.41 Å². The van der Waals surface area contributed by atoms with E-state index in [2.05, 4.69) is 24.4 Å². The van der Waals surface area contributed by atoms with Gasteiger partial charge in [-0.15, -0.1) is 0 Å². The van der Waals surface area contributed by atoms with Gasteiger partial charge in [-0.3, -0.25) is 5.32 Å². The van der Waals surface area contributed by atoms with E-state index in [9.17, 15) is 0 Å². The molecule has 1 saturated carbocycles. The van der Waals surface area contributed by atoms with E-state index >= 15 is 0 Å². The Morgan fingerprint density at radius 1 is 1.43 bits per heavy atom. The van der Waals surface area contributed by atoms with E-state index in [1.807, 2.05) is 12.1 Å². The second-order valence-corrected chi connectivity index (χ2v) is 3.84. The Balaban J connectivity index is 2.00. The molecule has 1 fully saturated rings.